The number of hydrogen-bond acceptors (Lipinski definition) is 3. The first-order chi connectivity index (χ1) is 8.82. The van der Waals surface area contributed by atoms with Crippen molar-refractivity contribution in [2.24, 2.45) is 0 Å². The monoisotopic (exact) mass is 266 g/mol. The van der Waals surface area contributed by atoms with Crippen molar-refractivity contribution in [1.29, 1.82) is 0 Å². The van der Waals surface area contributed by atoms with E-state index in [0.717, 1.165) is 0 Å². The average Bonchev–Trinajstić information content (AvgIpc) is 2.27. The van der Waals surface area contributed by atoms with Crippen molar-refractivity contribution in [1.82, 2.24) is 9.88 Å². The first-order valence-corrected chi connectivity index (χ1v) is 6.05. The summed E-state index contributed by atoms with van der Waals surface area (Å²) in [6.45, 7) is 5.36. The summed E-state index contributed by atoms with van der Waals surface area (Å²) in [5.41, 5.74) is 0.249. The zero-order chi connectivity index (χ0) is 14.6. The van der Waals surface area contributed by atoms with Gasteiger partial charge in [0.15, 0.2) is 0 Å². The molecule has 1 aromatic heterocycles. The molecule has 1 rings (SSSR count). The van der Waals surface area contributed by atoms with Crippen molar-refractivity contribution < 1.29 is 14.7 Å². The number of hydrogen-bond donors (Lipinski definition) is 2. The molecule has 2 N–H and O–H groups in total. The van der Waals surface area contributed by atoms with Crippen LogP contribution in [-0.4, -0.2) is 39.5 Å². The van der Waals surface area contributed by atoms with E-state index in [1.54, 1.807) is 26.8 Å². The molecule has 0 atom stereocenters. The molecule has 0 fully saturated rings. The Hall–Kier alpha value is -2.11. The molecule has 1 aromatic rings. The number of carboxylic acids is 1. The van der Waals surface area contributed by atoms with Gasteiger partial charge in [-0.15, -0.1) is 0 Å². The van der Waals surface area contributed by atoms with Crippen LogP contribution in [0, 0.1) is 6.92 Å². The number of nitrogens with zero attached hydrogens (tertiary/aromatic N) is 1. The molecule has 1 heterocycles. The SMILES string of the molecule is Cc1ccc(C(=O)N(CCC(=O)O)C(C)C)c(=O)[nH]1. The highest BCUT2D eigenvalue weighted by Crippen LogP contribution is 2.06. The van der Waals surface area contributed by atoms with Crippen LogP contribution in [0.15, 0.2) is 16.9 Å². The number of amides is 1. The van der Waals surface area contributed by atoms with E-state index in [1.165, 1.54) is 11.0 Å². The van der Waals surface area contributed by atoms with Gasteiger partial charge in [0, 0.05) is 18.3 Å². The van der Waals surface area contributed by atoms with Gasteiger partial charge in [0.05, 0.1) is 6.42 Å². The zero-order valence-corrected chi connectivity index (χ0v) is 11.3. The molecule has 19 heavy (non-hydrogen) atoms. The Morgan fingerprint density at radius 1 is 1.37 bits per heavy atom. The van der Waals surface area contributed by atoms with Crippen LogP contribution in [0.25, 0.3) is 0 Å². The van der Waals surface area contributed by atoms with Gasteiger partial charge in [-0.3, -0.25) is 14.4 Å². The van der Waals surface area contributed by atoms with E-state index >= 15 is 0 Å². The lowest BCUT2D eigenvalue weighted by Crippen LogP contribution is -2.40. The van der Waals surface area contributed by atoms with Crippen LogP contribution in [-0.2, 0) is 4.79 Å². The van der Waals surface area contributed by atoms with Crippen LogP contribution >= 0.6 is 0 Å². The van der Waals surface area contributed by atoms with Crippen molar-refractivity contribution in [3.8, 4) is 0 Å². The van der Waals surface area contributed by atoms with Crippen molar-refractivity contribution in [3.63, 3.8) is 0 Å². The van der Waals surface area contributed by atoms with Crippen LogP contribution in [0.3, 0.4) is 0 Å². The lowest BCUT2D eigenvalue weighted by atomic mass is 10.2. The minimum Gasteiger partial charge on any atom is -0.481 e. The fraction of sp³-hybridized carbons (Fsp3) is 0.462. The normalized spacial score (nSPS) is 10.5. The Bertz CT molecular complexity index is 534. The largest absolute Gasteiger partial charge is 0.481 e. The van der Waals surface area contributed by atoms with Crippen molar-refractivity contribution in [3.05, 3.63) is 33.7 Å². The van der Waals surface area contributed by atoms with Crippen molar-refractivity contribution in [2.75, 3.05) is 6.54 Å². The molecule has 0 saturated carbocycles. The molecule has 0 bridgehead atoms. The quantitative estimate of drug-likeness (QED) is 0.832. The van der Waals surface area contributed by atoms with Gasteiger partial charge in [-0.25, -0.2) is 0 Å². The van der Waals surface area contributed by atoms with Gasteiger partial charge in [-0.2, -0.15) is 0 Å². The number of carboxylic acid groups (broad SMARTS) is 1. The summed E-state index contributed by atoms with van der Waals surface area (Å²) in [4.78, 5) is 38.5. The van der Waals surface area contributed by atoms with E-state index in [0.29, 0.717) is 5.69 Å². The highest BCUT2D eigenvalue weighted by Gasteiger charge is 2.21. The molecular weight excluding hydrogens is 248 g/mol. The number of nitrogens with one attached hydrogen (secondary N) is 1. The Balaban J connectivity index is 2.99. The maximum atomic E-state index is 12.2. The Morgan fingerprint density at radius 2 is 2.00 bits per heavy atom. The lowest BCUT2D eigenvalue weighted by Gasteiger charge is -2.25. The predicted octanol–water partition coefficient (Wildman–Crippen LogP) is 1.01. The minimum atomic E-state index is -0.976. The highest BCUT2D eigenvalue weighted by atomic mass is 16.4. The van der Waals surface area contributed by atoms with Crippen LogP contribution < -0.4 is 5.56 Å². The van der Waals surface area contributed by atoms with Gasteiger partial charge >= 0.3 is 5.97 Å². The fourth-order valence-corrected chi connectivity index (χ4v) is 1.71. The van der Waals surface area contributed by atoms with E-state index in [9.17, 15) is 14.4 Å². The maximum absolute atomic E-state index is 12.2. The number of rotatable bonds is 5. The molecule has 0 aliphatic rings. The second-order valence-electron chi connectivity index (χ2n) is 4.62. The van der Waals surface area contributed by atoms with Gasteiger partial charge in [-0.1, -0.05) is 0 Å². The summed E-state index contributed by atoms with van der Waals surface area (Å²) >= 11 is 0. The molecule has 0 radical (unpaired) electrons. The molecule has 0 saturated heterocycles. The number of carbonyl (C=O) groups is 2. The van der Waals surface area contributed by atoms with Gasteiger partial charge in [0.25, 0.3) is 11.5 Å². The Labute approximate surface area is 111 Å². The topological polar surface area (TPSA) is 90.5 Å². The molecule has 1 amide bonds. The first kappa shape index (κ1) is 14.9. The van der Waals surface area contributed by atoms with Crippen LogP contribution in [0.2, 0.25) is 0 Å². The Kier molecular flexibility index (Phi) is 4.86. The summed E-state index contributed by atoms with van der Waals surface area (Å²) in [6.07, 6.45) is -0.145. The second-order valence-corrected chi connectivity index (χ2v) is 4.62. The van der Waals surface area contributed by atoms with Gasteiger partial charge < -0.3 is 15.0 Å². The zero-order valence-electron chi connectivity index (χ0n) is 11.3. The van der Waals surface area contributed by atoms with E-state index in [2.05, 4.69) is 4.98 Å². The number of pyridine rings is 1. The second kappa shape index (κ2) is 6.17. The standard InChI is InChI=1S/C13H18N2O4/c1-8(2)15(7-6-11(16)17)13(19)10-5-4-9(3)14-12(10)18/h4-5,8H,6-7H2,1-3H3,(H,14,18)(H,16,17). The summed E-state index contributed by atoms with van der Waals surface area (Å²) in [5.74, 6) is -1.42. The van der Waals surface area contributed by atoms with Gasteiger partial charge in [0.1, 0.15) is 5.56 Å². The number of H-pyrrole nitrogens is 1. The number of carbonyl (C=O) groups excluding carboxylic acids is 1. The molecule has 0 unspecified atom stereocenters. The Morgan fingerprint density at radius 3 is 2.47 bits per heavy atom. The highest BCUT2D eigenvalue weighted by molar-refractivity contribution is 5.94. The summed E-state index contributed by atoms with van der Waals surface area (Å²) in [7, 11) is 0. The summed E-state index contributed by atoms with van der Waals surface area (Å²) in [6, 6.07) is 2.93. The van der Waals surface area contributed by atoms with E-state index in [-0.39, 0.29) is 24.6 Å². The third kappa shape index (κ3) is 3.94. The fourth-order valence-electron chi connectivity index (χ4n) is 1.71. The summed E-state index contributed by atoms with van der Waals surface area (Å²) < 4.78 is 0. The number of aromatic nitrogens is 1. The number of aliphatic carboxylic acids is 1. The van der Waals surface area contributed by atoms with E-state index in [4.69, 9.17) is 5.11 Å². The third-order valence-corrected chi connectivity index (χ3v) is 2.74. The maximum Gasteiger partial charge on any atom is 0.305 e. The molecule has 104 valence electrons. The first-order valence-electron chi connectivity index (χ1n) is 6.05. The van der Waals surface area contributed by atoms with Gasteiger partial charge in [-0.05, 0) is 32.9 Å². The molecule has 0 spiro atoms. The van der Waals surface area contributed by atoms with Crippen molar-refractivity contribution in [2.45, 2.75) is 33.2 Å². The average molecular weight is 266 g/mol. The molecule has 0 aliphatic heterocycles. The molecule has 0 aromatic carbocycles. The van der Waals surface area contributed by atoms with Crippen LogP contribution in [0.4, 0.5) is 0 Å². The third-order valence-electron chi connectivity index (χ3n) is 2.74. The van der Waals surface area contributed by atoms with E-state index < -0.39 is 17.4 Å². The van der Waals surface area contributed by atoms with Crippen LogP contribution in [0.1, 0.15) is 36.3 Å². The lowest BCUT2D eigenvalue weighted by molar-refractivity contribution is -0.137. The predicted molar refractivity (Wildman–Crippen MR) is 70.2 cm³/mol. The number of aryl methyl sites for hydroxylation is 1. The molecule has 0 aliphatic carbocycles. The summed E-state index contributed by atoms with van der Waals surface area (Å²) in [5, 5.41) is 8.68. The smallest absolute Gasteiger partial charge is 0.305 e. The molecule has 6 nitrogen and oxygen atoms in total. The van der Waals surface area contributed by atoms with Crippen molar-refractivity contribution >= 4 is 11.9 Å². The molecular formula is C13H18N2O4. The van der Waals surface area contributed by atoms with Crippen LogP contribution in [0.5, 0.6) is 0 Å². The number of aromatic amines is 1. The van der Waals surface area contributed by atoms with Gasteiger partial charge in [0.2, 0.25) is 0 Å². The van der Waals surface area contributed by atoms with E-state index in [1.807, 2.05) is 0 Å². The minimum absolute atomic E-state index is 0.0321. The molecule has 6 heteroatoms.